The van der Waals surface area contributed by atoms with Crippen LogP contribution in [0.1, 0.15) is 60.3 Å². The summed E-state index contributed by atoms with van der Waals surface area (Å²) in [5.41, 5.74) is -0.239. The average molecular weight is 196 g/mol. The SMILES string of the molecule is C[C@@H]1CCCC[C@]1(C)C(=O)C(C)(C)C. The van der Waals surface area contributed by atoms with E-state index in [9.17, 15) is 4.79 Å². The van der Waals surface area contributed by atoms with Gasteiger partial charge in [-0.3, -0.25) is 4.79 Å². The summed E-state index contributed by atoms with van der Waals surface area (Å²) in [6.07, 6.45) is 4.83. The lowest BCUT2D eigenvalue weighted by Crippen LogP contribution is -2.43. The first-order valence-corrected chi connectivity index (χ1v) is 5.83. The maximum atomic E-state index is 12.4. The summed E-state index contributed by atoms with van der Waals surface area (Å²) in [6.45, 7) is 10.5. The average Bonchev–Trinajstić information content (AvgIpc) is 2.07. The van der Waals surface area contributed by atoms with E-state index < -0.39 is 0 Å². The van der Waals surface area contributed by atoms with Gasteiger partial charge in [0.05, 0.1) is 0 Å². The fourth-order valence-corrected chi connectivity index (χ4v) is 2.70. The molecule has 1 aliphatic carbocycles. The van der Waals surface area contributed by atoms with Crippen LogP contribution in [0, 0.1) is 16.7 Å². The quantitative estimate of drug-likeness (QED) is 0.623. The number of rotatable bonds is 1. The molecular weight excluding hydrogens is 172 g/mol. The molecule has 0 N–H and O–H groups in total. The summed E-state index contributed by atoms with van der Waals surface area (Å²) in [5.74, 6) is 1.01. The molecule has 1 fully saturated rings. The zero-order valence-electron chi connectivity index (χ0n) is 10.3. The highest BCUT2D eigenvalue weighted by molar-refractivity contribution is 5.89. The van der Waals surface area contributed by atoms with Crippen molar-refractivity contribution >= 4 is 5.78 Å². The van der Waals surface area contributed by atoms with Crippen LogP contribution in [0.25, 0.3) is 0 Å². The number of carbonyl (C=O) groups is 1. The highest BCUT2D eigenvalue weighted by atomic mass is 16.1. The summed E-state index contributed by atoms with van der Waals surface area (Å²) in [6, 6.07) is 0. The molecule has 1 aliphatic rings. The van der Waals surface area contributed by atoms with Crippen molar-refractivity contribution in [1.29, 1.82) is 0 Å². The largest absolute Gasteiger partial charge is 0.298 e. The Labute approximate surface area is 88.3 Å². The molecule has 0 amide bonds. The Morgan fingerprint density at radius 2 is 1.86 bits per heavy atom. The Morgan fingerprint density at radius 1 is 1.29 bits per heavy atom. The van der Waals surface area contributed by atoms with E-state index in [1.807, 2.05) is 20.8 Å². The highest BCUT2D eigenvalue weighted by Gasteiger charge is 2.44. The van der Waals surface area contributed by atoms with Gasteiger partial charge in [-0.15, -0.1) is 0 Å². The van der Waals surface area contributed by atoms with Crippen LogP contribution in [0.15, 0.2) is 0 Å². The Morgan fingerprint density at radius 3 is 2.29 bits per heavy atom. The van der Waals surface area contributed by atoms with Gasteiger partial charge in [0.25, 0.3) is 0 Å². The van der Waals surface area contributed by atoms with Crippen molar-refractivity contribution in [2.24, 2.45) is 16.7 Å². The van der Waals surface area contributed by atoms with Gasteiger partial charge in [-0.2, -0.15) is 0 Å². The van der Waals surface area contributed by atoms with Gasteiger partial charge < -0.3 is 0 Å². The summed E-state index contributed by atoms with van der Waals surface area (Å²) in [4.78, 5) is 12.4. The number of hydrogen-bond donors (Lipinski definition) is 0. The van der Waals surface area contributed by atoms with Crippen LogP contribution in [0.3, 0.4) is 0 Å². The molecule has 0 radical (unpaired) electrons. The van der Waals surface area contributed by atoms with Crippen molar-refractivity contribution in [2.75, 3.05) is 0 Å². The minimum atomic E-state index is -0.180. The van der Waals surface area contributed by atoms with Gasteiger partial charge in [-0.1, -0.05) is 47.5 Å². The van der Waals surface area contributed by atoms with Crippen LogP contribution in [0.4, 0.5) is 0 Å². The molecule has 1 nitrogen and oxygen atoms in total. The molecule has 0 heterocycles. The molecular formula is C13H24O. The smallest absolute Gasteiger partial charge is 0.144 e. The normalized spacial score (nSPS) is 34.2. The Kier molecular flexibility index (Phi) is 3.08. The molecule has 0 bridgehead atoms. The second kappa shape index (κ2) is 3.67. The first kappa shape index (κ1) is 11.7. The third kappa shape index (κ3) is 2.02. The number of carbonyl (C=O) groups excluding carboxylic acids is 1. The number of Topliss-reactive ketones (excluding diaryl/α,β-unsaturated/α-hetero) is 1. The number of hydrogen-bond acceptors (Lipinski definition) is 1. The predicted octanol–water partition coefficient (Wildman–Crippen LogP) is 3.82. The predicted molar refractivity (Wildman–Crippen MR) is 60.2 cm³/mol. The second-order valence-corrected chi connectivity index (χ2v) is 6.14. The van der Waals surface area contributed by atoms with Crippen molar-refractivity contribution in [1.82, 2.24) is 0 Å². The molecule has 0 unspecified atom stereocenters. The standard InChI is InChI=1S/C13H24O/c1-10-8-6-7-9-13(10,5)11(14)12(2,3)4/h10H,6-9H2,1-5H3/t10-,13+/m1/s1. The van der Waals surface area contributed by atoms with E-state index in [-0.39, 0.29) is 10.8 Å². The van der Waals surface area contributed by atoms with Gasteiger partial charge in [0, 0.05) is 10.8 Å². The number of ketones is 1. The van der Waals surface area contributed by atoms with Gasteiger partial charge in [0.15, 0.2) is 0 Å². The highest BCUT2D eigenvalue weighted by Crippen LogP contribution is 2.45. The molecule has 2 atom stereocenters. The van der Waals surface area contributed by atoms with E-state index in [0.717, 1.165) is 6.42 Å². The molecule has 0 spiro atoms. The zero-order chi connectivity index (χ0) is 11.0. The van der Waals surface area contributed by atoms with E-state index in [2.05, 4.69) is 13.8 Å². The fraction of sp³-hybridized carbons (Fsp3) is 0.923. The zero-order valence-corrected chi connectivity index (χ0v) is 10.3. The maximum Gasteiger partial charge on any atom is 0.144 e. The van der Waals surface area contributed by atoms with E-state index in [0.29, 0.717) is 11.7 Å². The second-order valence-electron chi connectivity index (χ2n) is 6.14. The van der Waals surface area contributed by atoms with Gasteiger partial charge in [-0.05, 0) is 18.8 Å². The van der Waals surface area contributed by atoms with Gasteiger partial charge in [-0.25, -0.2) is 0 Å². The molecule has 1 rings (SSSR count). The van der Waals surface area contributed by atoms with E-state index in [1.165, 1.54) is 19.3 Å². The first-order valence-electron chi connectivity index (χ1n) is 5.83. The monoisotopic (exact) mass is 196 g/mol. The van der Waals surface area contributed by atoms with Crippen molar-refractivity contribution in [2.45, 2.75) is 60.3 Å². The van der Waals surface area contributed by atoms with E-state index in [4.69, 9.17) is 0 Å². The Balaban J connectivity index is 2.87. The molecule has 1 saturated carbocycles. The lowest BCUT2D eigenvalue weighted by Gasteiger charge is -2.42. The molecule has 82 valence electrons. The lowest BCUT2D eigenvalue weighted by atomic mass is 9.61. The van der Waals surface area contributed by atoms with Crippen molar-refractivity contribution in [3.8, 4) is 0 Å². The molecule has 0 aromatic heterocycles. The molecule has 0 saturated heterocycles. The maximum absolute atomic E-state index is 12.4. The van der Waals surface area contributed by atoms with Gasteiger partial charge in [0.1, 0.15) is 5.78 Å². The molecule has 14 heavy (non-hydrogen) atoms. The van der Waals surface area contributed by atoms with Crippen LogP contribution >= 0.6 is 0 Å². The first-order chi connectivity index (χ1) is 6.28. The van der Waals surface area contributed by atoms with Crippen molar-refractivity contribution < 1.29 is 4.79 Å². The molecule has 0 aromatic rings. The molecule has 1 heteroatoms. The van der Waals surface area contributed by atoms with Crippen LogP contribution < -0.4 is 0 Å². The van der Waals surface area contributed by atoms with E-state index >= 15 is 0 Å². The third-order valence-corrected chi connectivity index (χ3v) is 3.87. The van der Waals surface area contributed by atoms with Crippen LogP contribution in [-0.4, -0.2) is 5.78 Å². The Hall–Kier alpha value is -0.330. The summed E-state index contributed by atoms with van der Waals surface area (Å²) in [7, 11) is 0. The lowest BCUT2D eigenvalue weighted by molar-refractivity contribution is -0.140. The third-order valence-electron chi connectivity index (χ3n) is 3.87. The topological polar surface area (TPSA) is 17.1 Å². The van der Waals surface area contributed by atoms with Crippen LogP contribution in [-0.2, 0) is 4.79 Å². The summed E-state index contributed by atoms with van der Waals surface area (Å²) < 4.78 is 0. The molecule has 0 aromatic carbocycles. The van der Waals surface area contributed by atoms with Crippen molar-refractivity contribution in [3.05, 3.63) is 0 Å². The Bertz CT molecular complexity index is 224. The minimum Gasteiger partial charge on any atom is -0.298 e. The summed E-state index contributed by atoms with van der Waals surface area (Å²) in [5, 5.41) is 0. The van der Waals surface area contributed by atoms with Gasteiger partial charge >= 0.3 is 0 Å². The minimum absolute atomic E-state index is 0.0590. The van der Waals surface area contributed by atoms with Crippen molar-refractivity contribution in [3.63, 3.8) is 0 Å². The van der Waals surface area contributed by atoms with Crippen LogP contribution in [0.2, 0.25) is 0 Å². The van der Waals surface area contributed by atoms with E-state index in [1.54, 1.807) is 0 Å². The van der Waals surface area contributed by atoms with Crippen LogP contribution in [0.5, 0.6) is 0 Å². The van der Waals surface area contributed by atoms with Gasteiger partial charge in [0.2, 0.25) is 0 Å². The molecule has 0 aliphatic heterocycles. The summed E-state index contributed by atoms with van der Waals surface area (Å²) >= 11 is 0. The fourth-order valence-electron chi connectivity index (χ4n) is 2.70.